The highest BCUT2D eigenvalue weighted by Gasteiger charge is 1.90. The van der Waals surface area contributed by atoms with Gasteiger partial charge in [0.15, 0.2) is 0 Å². The molecule has 0 aliphatic rings. The molecular weight excluding hydrogens is 156 g/mol. The summed E-state index contributed by atoms with van der Waals surface area (Å²) in [5, 5.41) is 16.5. The monoisotopic (exact) mass is 178 g/mol. The quantitative estimate of drug-likeness (QED) is 0.448. The average Bonchev–Trinajstić information content (AvgIpc) is 2.04. The Morgan fingerprint density at radius 2 is 1.75 bits per heavy atom. The molecule has 0 amide bonds. The molecule has 0 saturated carbocycles. The van der Waals surface area contributed by atoms with Crippen LogP contribution in [0, 0.1) is 0 Å². The van der Waals surface area contributed by atoms with E-state index in [2.05, 4.69) is 0 Å². The van der Waals surface area contributed by atoms with Crippen molar-refractivity contribution < 1.29 is 10.2 Å². The van der Waals surface area contributed by atoms with E-state index < -0.39 is 6.23 Å². The number of aliphatic hydroxyl groups is 2. The molecule has 2 atom stereocenters. The van der Waals surface area contributed by atoms with Crippen LogP contribution in [-0.4, -0.2) is 29.1 Å². The van der Waals surface area contributed by atoms with E-state index in [1.165, 1.54) is 0 Å². The second kappa shape index (κ2) is 10.8. The second-order valence-electron chi connectivity index (χ2n) is 2.71. The van der Waals surface area contributed by atoms with Crippen molar-refractivity contribution in [1.82, 2.24) is 0 Å². The van der Waals surface area contributed by atoms with Crippen molar-refractivity contribution in [2.75, 3.05) is 6.61 Å². The summed E-state index contributed by atoms with van der Waals surface area (Å²) in [6, 6.07) is -0.00926. The molecule has 0 aromatic carbocycles. The number of hydrogen-bond acceptors (Lipinski definition) is 4. The fourth-order valence-corrected chi connectivity index (χ4v) is 0.425. The van der Waals surface area contributed by atoms with Crippen LogP contribution in [0.2, 0.25) is 0 Å². The van der Waals surface area contributed by atoms with Crippen molar-refractivity contribution in [3.8, 4) is 0 Å². The molecule has 4 nitrogen and oxygen atoms in total. The maximum atomic E-state index is 8.33. The molecule has 0 aromatic heterocycles. The lowest BCUT2D eigenvalue weighted by atomic mass is 10.3. The van der Waals surface area contributed by atoms with E-state index in [4.69, 9.17) is 21.7 Å². The lowest BCUT2D eigenvalue weighted by Gasteiger charge is -1.98. The SMILES string of the molecule is CCC(N)CO.CCCC(N)O. The van der Waals surface area contributed by atoms with Crippen LogP contribution in [0.25, 0.3) is 0 Å². The molecule has 2 unspecified atom stereocenters. The van der Waals surface area contributed by atoms with Gasteiger partial charge in [-0.05, 0) is 12.8 Å². The zero-order chi connectivity index (χ0) is 9.98. The number of nitrogens with two attached hydrogens (primary N) is 2. The lowest BCUT2D eigenvalue weighted by Crippen LogP contribution is -2.22. The number of hydrogen-bond donors (Lipinski definition) is 4. The minimum absolute atomic E-state index is 0.00926. The van der Waals surface area contributed by atoms with Crippen LogP contribution in [0.15, 0.2) is 0 Å². The van der Waals surface area contributed by atoms with Crippen molar-refractivity contribution in [2.45, 2.75) is 45.4 Å². The Kier molecular flexibility index (Phi) is 13.0. The Balaban J connectivity index is 0. The topological polar surface area (TPSA) is 92.5 Å². The highest BCUT2D eigenvalue weighted by Crippen LogP contribution is 1.85. The summed E-state index contributed by atoms with van der Waals surface area (Å²) < 4.78 is 0. The molecule has 0 heterocycles. The highest BCUT2D eigenvalue weighted by molar-refractivity contribution is 4.51. The smallest absolute Gasteiger partial charge is 0.102 e. The minimum atomic E-state index is -0.602. The van der Waals surface area contributed by atoms with Crippen LogP contribution in [0.4, 0.5) is 0 Å². The van der Waals surface area contributed by atoms with Crippen molar-refractivity contribution in [1.29, 1.82) is 0 Å². The molecule has 0 saturated heterocycles. The Morgan fingerprint density at radius 1 is 1.25 bits per heavy atom. The predicted octanol–water partition coefficient (Wildman–Crippen LogP) is -0.220. The van der Waals surface area contributed by atoms with Crippen LogP contribution in [-0.2, 0) is 0 Å². The molecular formula is C8H22N2O2. The van der Waals surface area contributed by atoms with Gasteiger partial charge in [-0.3, -0.25) is 0 Å². The van der Waals surface area contributed by atoms with Crippen LogP contribution in [0.3, 0.4) is 0 Å². The van der Waals surface area contributed by atoms with Gasteiger partial charge in [-0.1, -0.05) is 20.3 Å². The lowest BCUT2D eigenvalue weighted by molar-refractivity contribution is 0.171. The summed E-state index contributed by atoms with van der Waals surface area (Å²) in [7, 11) is 0. The van der Waals surface area contributed by atoms with Crippen molar-refractivity contribution >= 4 is 0 Å². The first-order valence-corrected chi connectivity index (χ1v) is 4.38. The third-order valence-electron chi connectivity index (χ3n) is 1.34. The van der Waals surface area contributed by atoms with Crippen molar-refractivity contribution in [2.24, 2.45) is 11.5 Å². The molecule has 0 aromatic rings. The highest BCUT2D eigenvalue weighted by atomic mass is 16.3. The average molecular weight is 178 g/mol. The zero-order valence-electron chi connectivity index (χ0n) is 8.03. The molecule has 12 heavy (non-hydrogen) atoms. The molecule has 0 spiro atoms. The number of aliphatic hydroxyl groups excluding tert-OH is 2. The molecule has 0 fully saturated rings. The van der Waals surface area contributed by atoms with Gasteiger partial charge in [0, 0.05) is 6.04 Å². The largest absolute Gasteiger partial charge is 0.395 e. The van der Waals surface area contributed by atoms with E-state index >= 15 is 0 Å². The van der Waals surface area contributed by atoms with Gasteiger partial charge < -0.3 is 21.7 Å². The molecule has 0 rings (SSSR count). The molecule has 4 heteroatoms. The standard InChI is InChI=1S/2C4H11NO/c1-2-4(5)3-6;1-2-3-4(5)6/h2*4,6H,2-3,5H2,1H3. The van der Waals surface area contributed by atoms with E-state index in [9.17, 15) is 0 Å². The van der Waals surface area contributed by atoms with E-state index in [0.717, 1.165) is 12.8 Å². The summed E-state index contributed by atoms with van der Waals surface area (Å²) in [6.45, 7) is 4.04. The van der Waals surface area contributed by atoms with Gasteiger partial charge in [-0.25, -0.2) is 0 Å². The van der Waals surface area contributed by atoms with E-state index in [0.29, 0.717) is 6.42 Å². The van der Waals surface area contributed by atoms with Gasteiger partial charge in [-0.2, -0.15) is 0 Å². The minimum Gasteiger partial charge on any atom is -0.395 e. The van der Waals surface area contributed by atoms with Gasteiger partial charge in [0.1, 0.15) is 6.23 Å². The first-order valence-electron chi connectivity index (χ1n) is 4.38. The van der Waals surface area contributed by atoms with Crippen LogP contribution >= 0.6 is 0 Å². The summed E-state index contributed by atoms with van der Waals surface area (Å²) in [6.07, 6.45) is 1.92. The zero-order valence-corrected chi connectivity index (χ0v) is 8.03. The molecule has 0 aliphatic heterocycles. The van der Waals surface area contributed by atoms with E-state index in [-0.39, 0.29) is 12.6 Å². The number of rotatable bonds is 4. The van der Waals surface area contributed by atoms with Crippen molar-refractivity contribution in [3.63, 3.8) is 0 Å². The summed E-state index contributed by atoms with van der Waals surface area (Å²) in [5.74, 6) is 0. The Bertz CT molecular complexity index is 75.5. The summed E-state index contributed by atoms with van der Waals surface area (Å²) in [5.41, 5.74) is 10.2. The molecule has 0 bridgehead atoms. The van der Waals surface area contributed by atoms with E-state index in [1.54, 1.807) is 0 Å². The molecule has 0 aliphatic carbocycles. The maximum absolute atomic E-state index is 8.33. The van der Waals surface area contributed by atoms with Crippen molar-refractivity contribution in [3.05, 3.63) is 0 Å². The van der Waals surface area contributed by atoms with Gasteiger partial charge in [-0.15, -0.1) is 0 Å². The van der Waals surface area contributed by atoms with Crippen LogP contribution in [0.1, 0.15) is 33.1 Å². The fraction of sp³-hybridized carbons (Fsp3) is 1.00. The van der Waals surface area contributed by atoms with Crippen LogP contribution in [0.5, 0.6) is 0 Å². The first kappa shape index (κ1) is 14.4. The summed E-state index contributed by atoms with van der Waals surface area (Å²) in [4.78, 5) is 0. The third-order valence-corrected chi connectivity index (χ3v) is 1.34. The third kappa shape index (κ3) is 16.4. The van der Waals surface area contributed by atoms with Crippen LogP contribution < -0.4 is 11.5 Å². The molecule has 76 valence electrons. The van der Waals surface area contributed by atoms with Gasteiger partial charge in [0.2, 0.25) is 0 Å². The van der Waals surface area contributed by atoms with E-state index in [1.807, 2.05) is 13.8 Å². The Morgan fingerprint density at radius 3 is 1.75 bits per heavy atom. The normalized spacial score (nSPS) is 14.5. The fourth-order valence-electron chi connectivity index (χ4n) is 0.425. The summed E-state index contributed by atoms with van der Waals surface area (Å²) >= 11 is 0. The Hall–Kier alpha value is -0.160. The van der Waals surface area contributed by atoms with Gasteiger partial charge in [0.05, 0.1) is 6.61 Å². The molecule has 0 radical (unpaired) electrons. The predicted molar refractivity (Wildman–Crippen MR) is 50.5 cm³/mol. The Labute approximate surface area is 74.6 Å². The van der Waals surface area contributed by atoms with Gasteiger partial charge in [0.25, 0.3) is 0 Å². The molecule has 6 N–H and O–H groups in total. The van der Waals surface area contributed by atoms with Gasteiger partial charge >= 0.3 is 0 Å². The first-order chi connectivity index (χ1) is 5.58. The maximum Gasteiger partial charge on any atom is 0.102 e. The second-order valence-corrected chi connectivity index (χ2v) is 2.71.